The first kappa shape index (κ1) is 14.7. The van der Waals surface area contributed by atoms with Gasteiger partial charge in [-0.05, 0) is 49.4 Å². The van der Waals surface area contributed by atoms with Gasteiger partial charge in [0.15, 0.2) is 5.65 Å². The second-order valence-electron chi connectivity index (χ2n) is 6.16. The topological polar surface area (TPSA) is 79.5 Å². The van der Waals surface area contributed by atoms with E-state index in [0.717, 1.165) is 36.1 Å². The van der Waals surface area contributed by atoms with Gasteiger partial charge in [-0.3, -0.25) is 4.79 Å². The van der Waals surface area contributed by atoms with Gasteiger partial charge in [-0.15, -0.1) is 0 Å². The minimum atomic E-state index is -0.190. The van der Waals surface area contributed by atoms with Crippen LogP contribution in [0.2, 0.25) is 0 Å². The molecule has 24 heavy (non-hydrogen) atoms. The maximum absolute atomic E-state index is 12.7. The molecular weight excluding hydrogens is 304 g/mol. The monoisotopic (exact) mass is 322 g/mol. The standard InChI is InChI=1S/C18H18N4O2/c1-11-8-9-22-17(20-11)14(10-19-22)18(24)21-15-6-2-5-13-12(15)4-3-7-16(13)23/h3-4,7-10,15,23H,2,5-6H2,1H3,(H,21,24)/t15-/m0/s1. The lowest BCUT2D eigenvalue weighted by atomic mass is 9.87. The third-order valence-electron chi connectivity index (χ3n) is 4.54. The highest BCUT2D eigenvalue weighted by atomic mass is 16.3. The fourth-order valence-corrected chi connectivity index (χ4v) is 3.33. The van der Waals surface area contributed by atoms with Crippen molar-refractivity contribution >= 4 is 11.6 Å². The van der Waals surface area contributed by atoms with Crippen molar-refractivity contribution in [2.75, 3.05) is 0 Å². The number of aromatic nitrogens is 3. The summed E-state index contributed by atoms with van der Waals surface area (Å²) in [6.45, 7) is 1.88. The smallest absolute Gasteiger partial charge is 0.257 e. The van der Waals surface area contributed by atoms with E-state index in [1.165, 1.54) is 0 Å². The van der Waals surface area contributed by atoms with Gasteiger partial charge in [0.05, 0.1) is 12.2 Å². The molecule has 1 aliphatic carbocycles. The van der Waals surface area contributed by atoms with Crippen LogP contribution in [0.4, 0.5) is 0 Å². The number of phenolic OH excluding ortho intramolecular Hbond substituents is 1. The Morgan fingerprint density at radius 1 is 1.38 bits per heavy atom. The molecule has 1 aliphatic rings. The first-order valence-corrected chi connectivity index (χ1v) is 8.06. The molecule has 2 N–H and O–H groups in total. The molecule has 0 aliphatic heterocycles. The van der Waals surface area contributed by atoms with Crippen molar-refractivity contribution in [3.05, 3.63) is 59.0 Å². The number of aromatic hydroxyl groups is 1. The lowest BCUT2D eigenvalue weighted by Crippen LogP contribution is -2.31. The third-order valence-corrected chi connectivity index (χ3v) is 4.54. The van der Waals surface area contributed by atoms with Gasteiger partial charge in [-0.25, -0.2) is 9.50 Å². The minimum absolute atomic E-state index is 0.104. The van der Waals surface area contributed by atoms with E-state index in [2.05, 4.69) is 15.4 Å². The fraction of sp³-hybridized carbons (Fsp3) is 0.278. The van der Waals surface area contributed by atoms with E-state index in [0.29, 0.717) is 17.0 Å². The molecule has 2 heterocycles. The summed E-state index contributed by atoms with van der Waals surface area (Å²) in [5.74, 6) is 0.115. The van der Waals surface area contributed by atoms with Crippen LogP contribution < -0.4 is 5.32 Å². The van der Waals surface area contributed by atoms with Crippen LogP contribution in [0.1, 0.15) is 46.1 Å². The molecule has 1 amide bonds. The normalized spacial score (nSPS) is 16.8. The summed E-state index contributed by atoms with van der Waals surface area (Å²) in [5, 5.41) is 17.3. The summed E-state index contributed by atoms with van der Waals surface area (Å²) in [4.78, 5) is 17.1. The number of hydrogen-bond acceptors (Lipinski definition) is 4. The van der Waals surface area contributed by atoms with Gasteiger partial charge >= 0.3 is 0 Å². The molecule has 0 bridgehead atoms. The van der Waals surface area contributed by atoms with Crippen LogP contribution in [-0.2, 0) is 6.42 Å². The van der Waals surface area contributed by atoms with Crippen LogP contribution in [0.25, 0.3) is 5.65 Å². The Kier molecular flexibility index (Phi) is 3.45. The molecule has 0 fully saturated rings. The number of carbonyl (C=O) groups excluding carboxylic acids is 1. The van der Waals surface area contributed by atoms with Gasteiger partial charge in [0.1, 0.15) is 11.3 Å². The predicted octanol–water partition coefficient (Wildman–Crippen LogP) is 2.55. The maximum Gasteiger partial charge on any atom is 0.257 e. The van der Waals surface area contributed by atoms with Crippen molar-refractivity contribution in [3.8, 4) is 5.75 Å². The summed E-state index contributed by atoms with van der Waals surface area (Å²) in [7, 11) is 0. The summed E-state index contributed by atoms with van der Waals surface area (Å²) in [5.41, 5.74) is 3.79. The lowest BCUT2D eigenvalue weighted by Gasteiger charge is -2.26. The highest BCUT2D eigenvalue weighted by Gasteiger charge is 2.25. The van der Waals surface area contributed by atoms with Gasteiger partial charge in [-0.1, -0.05) is 12.1 Å². The van der Waals surface area contributed by atoms with Gasteiger partial charge < -0.3 is 10.4 Å². The molecule has 2 aromatic heterocycles. The number of nitrogens with one attached hydrogen (secondary N) is 1. The Balaban J connectivity index is 1.65. The van der Waals surface area contributed by atoms with Crippen LogP contribution in [0.5, 0.6) is 5.75 Å². The largest absolute Gasteiger partial charge is 0.508 e. The average Bonchev–Trinajstić information content (AvgIpc) is 2.99. The van der Waals surface area contributed by atoms with E-state index in [-0.39, 0.29) is 11.9 Å². The van der Waals surface area contributed by atoms with Gasteiger partial charge in [0.25, 0.3) is 5.91 Å². The van der Waals surface area contributed by atoms with Crippen LogP contribution in [0, 0.1) is 6.92 Å². The molecule has 0 unspecified atom stereocenters. The lowest BCUT2D eigenvalue weighted by molar-refractivity contribution is 0.0934. The molecule has 0 radical (unpaired) electrons. The van der Waals surface area contributed by atoms with Gasteiger partial charge in [0, 0.05) is 11.9 Å². The quantitative estimate of drug-likeness (QED) is 0.760. The molecule has 6 nitrogen and oxygen atoms in total. The van der Waals surface area contributed by atoms with E-state index in [9.17, 15) is 9.90 Å². The number of carbonyl (C=O) groups is 1. The molecule has 0 saturated carbocycles. The number of aryl methyl sites for hydroxylation is 1. The summed E-state index contributed by atoms with van der Waals surface area (Å²) in [6, 6.07) is 7.23. The van der Waals surface area contributed by atoms with Crippen molar-refractivity contribution in [2.24, 2.45) is 0 Å². The fourth-order valence-electron chi connectivity index (χ4n) is 3.33. The van der Waals surface area contributed by atoms with Crippen molar-refractivity contribution in [1.82, 2.24) is 19.9 Å². The van der Waals surface area contributed by atoms with Crippen molar-refractivity contribution in [3.63, 3.8) is 0 Å². The van der Waals surface area contributed by atoms with Crippen molar-refractivity contribution < 1.29 is 9.90 Å². The van der Waals surface area contributed by atoms with Gasteiger partial charge in [0.2, 0.25) is 0 Å². The zero-order valence-electron chi connectivity index (χ0n) is 13.4. The minimum Gasteiger partial charge on any atom is -0.508 e. The van der Waals surface area contributed by atoms with Crippen LogP contribution in [0.15, 0.2) is 36.7 Å². The van der Waals surface area contributed by atoms with E-state index >= 15 is 0 Å². The molecule has 3 aromatic rings. The van der Waals surface area contributed by atoms with Gasteiger partial charge in [-0.2, -0.15) is 5.10 Å². The first-order chi connectivity index (χ1) is 11.6. The molecule has 0 saturated heterocycles. The average molecular weight is 322 g/mol. The van der Waals surface area contributed by atoms with E-state index in [1.807, 2.05) is 25.1 Å². The molecule has 6 heteroatoms. The van der Waals surface area contributed by atoms with Crippen LogP contribution >= 0.6 is 0 Å². The molecule has 122 valence electrons. The SMILES string of the molecule is Cc1ccn2ncc(C(=O)N[C@H]3CCCc4c(O)cccc43)c2n1. The molecular formula is C18H18N4O2. The Bertz CT molecular complexity index is 932. The molecule has 0 spiro atoms. The first-order valence-electron chi connectivity index (χ1n) is 8.06. The van der Waals surface area contributed by atoms with E-state index in [1.54, 1.807) is 23.0 Å². The Labute approximate surface area is 139 Å². The highest BCUT2D eigenvalue weighted by molar-refractivity contribution is 5.99. The number of fused-ring (bicyclic) bond motifs is 2. The van der Waals surface area contributed by atoms with Crippen LogP contribution in [0.3, 0.4) is 0 Å². The van der Waals surface area contributed by atoms with Crippen LogP contribution in [-0.4, -0.2) is 25.6 Å². The Morgan fingerprint density at radius 3 is 3.12 bits per heavy atom. The molecule has 4 rings (SSSR count). The highest BCUT2D eigenvalue weighted by Crippen LogP contribution is 2.34. The number of phenols is 1. The number of rotatable bonds is 2. The van der Waals surface area contributed by atoms with E-state index in [4.69, 9.17) is 0 Å². The van der Waals surface area contributed by atoms with Crippen molar-refractivity contribution in [2.45, 2.75) is 32.2 Å². The van der Waals surface area contributed by atoms with E-state index < -0.39 is 0 Å². The summed E-state index contributed by atoms with van der Waals surface area (Å²) >= 11 is 0. The zero-order chi connectivity index (χ0) is 16.7. The Morgan fingerprint density at radius 2 is 2.25 bits per heavy atom. The summed E-state index contributed by atoms with van der Waals surface area (Å²) in [6.07, 6.45) is 5.97. The number of hydrogen-bond donors (Lipinski definition) is 2. The number of nitrogens with zero attached hydrogens (tertiary/aromatic N) is 3. The zero-order valence-corrected chi connectivity index (χ0v) is 13.4. The molecule has 1 atom stereocenters. The second-order valence-corrected chi connectivity index (χ2v) is 6.16. The summed E-state index contributed by atoms with van der Waals surface area (Å²) < 4.78 is 1.60. The number of benzene rings is 1. The van der Waals surface area contributed by atoms with Crippen molar-refractivity contribution in [1.29, 1.82) is 0 Å². The maximum atomic E-state index is 12.7. The Hall–Kier alpha value is -2.89. The molecule has 1 aromatic carbocycles. The predicted molar refractivity (Wildman–Crippen MR) is 89.0 cm³/mol. The number of amides is 1. The third kappa shape index (κ3) is 2.40. The second kappa shape index (κ2) is 5.63.